The average molecular weight is 384 g/mol. The molecule has 9 nitrogen and oxygen atoms in total. The molecule has 0 saturated heterocycles. The number of carbonyl (C=O) groups excluding carboxylic acids is 2. The average Bonchev–Trinajstić information content (AvgIpc) is 3.18. The number of H-pyrrole nitrogens is 1. The zero-order chi connectivity index (χ0) is 20.0. The van der Waals surface area contributed by atoms with Crippen molar-refractivity contribution in [1.82, 2.24) is 14.9 Å². The number of fused-ring (bicyclic) bond motifs is 1. The number of halogens is 3. The fourth-order valence-electron chi connectivity index (χ4n) is 2.77. The van der Waals surface area contributed by atoms with Crippen molar-refractivity contribution in [2.45, 2.75) is 18.3 Å². The molecule has 3 N–H and O–H groups in total. The third kappa shape index (κ3) is 2.65. The molecule has 0 aromatic carbocycles. The van der Waals surface area contributed by atoms with Crippen molar-refractivity contribution in [3.8, 4) is 0 Å². The van der Waals surface area contributed by atoms with Crippen LogP contribution in [0.5, 0.6) is 0 Å². The summed E-state index contributed by atoms with van der Waals surface area (Å²) in [5.74, 6) is -3.57. The molecule has 2 aromatic rings. The summed E-state index contributed by atoms with van der Waals surface area (Å²) in [6.45, 7) is 2.67. The van der Waals surface area contributed by atoms with E-state index in [1.807, 2.05) is 5.32 Å². The lowest BCUT2D eigenvalue weighted by Crippen LogP contribution is -2.61. The third-order valence-electron chi connectivity index (χ3n) is 3.96. The van der Waals surface area contributed by atoms with E-state index in [4.69, 9.17) is 4.42 Å². The van der Waals surface area contributed by atoms with Gasteiger partial charge in [-0.3, -0.25) is 23.9 Å². The predicted octanol–water partition coefficient (Wildman–Crippen LogP) is 0.190. The van der Waals surface area contributed by atoms with Crippen molar-refractivity contribution in [3.63, 3.8) is 0 Å². The van der Waals surface area contributed by atoms with Gasteiger partial charge in [-0.2, -0.15) is 13.2 Å². The summed E-state index contributed by atoms with van der Waals surface area (Å²) in [4.78, 5) is 49.9. The molecule has 12 heteroatoms. The lowest BCUT2D eigenvalue weighted by atomic mass is 9.92. The van der Waals surface area contributed by atoms with Crippen LogP contribution in [0, 0.1) is 0 Å². The highest BCUT2D eigenvalue weighted by molar-refractivity contribution is 6.08. The quantitative estimate of drug-likeness (QED) is 0.649. The van der Waals surface area contributed by atoms with Crippen molar-refractivity contribution in [1.29, 1.82) is 0 Å². The second-order valence-corrected chi connectivity index (χ2v) is 5.54. The minimum Gasteiger partial charge on any atom is -0.467 e. The van der Waals surface area contributed by atoms with Gasteiger partial charge in [0.15, 0.2) is 0 Å². The Kier molecular flexibility index (Phi) is 4.05. The summed E-state index contributed by atoms with van der Waals surface area (Å²) < 4.78 is 47.3. The summed E-state index contributed by atoms with van der Waals surface area (Å²) >= 11 is 0. The highest BCUT2D eigenvalue weighted by Gasteiger charge is 2.68. The summed E-state index contributed by atoms with van der Waals surface area (Å²) in [5.41, 5.74) is -7.37. The molecule has 1 aliphatic heterocycles. The minimum absolute atomic E-state index is 0.181. The van der Waals surface area contributed by atoms with E-state index in [2.05, 4.69) is 6.58 Å². The van der Waals surface area contributed by atoms with E-state index in [0.29, 0.717) is 10.6 Å². The second kappa shape index (κ2) is 6.00. The Hall–Kier alpha value is -3.57. The molecule has 0 unspecified atom stereocenters. The maximum Gasteiger partial charge on any atom is 0.425 e. The number of alkyl halides is 3. The highest BCUT2D eigenvalue weighted by atomic mass is 19.4. The third-order valence-corrected chi connectivity index (χ3v) is 3.96. The standard InChI is InChI=1S/C15H11F3N4O5/c1-2-8(23)21-14(15(16,17)18)9-10(19-12(14)25)22(13(26)20-11(9)24)6-7-4-3-5-27-7/h2-5H,1,6H2,(H,19,25)(H,21,23)(H,20,24,26)/t14-/m1/s1. The fourth-order valence-corrected chi connectivity index (χ4v) is 2.77. The molecule has 3 rings (SSSR count). The summed E-state index contributed by atoms with van der Waals surface area (Å²) in [6.07, 6.45) is -3.60. The Morgan fingerprint density at radius 3 is 2.63 bits per heavy atom. The number of aromatic nitrogens is 2. The number of nitrogens with zero attached hydrogens (tertiary/aromatic N) is 1. The predicted molar refractivity (Wildman–Crippen MR) is 83.8 cm³/mol. The molecule has 142 valence electrons. The van der Waals surface area contributed by atoms with Gasteiger partial charge in [-0.25, -0.2) is 4.79 Å². The Balaban J connectivity index is 2.31. The molecule has 1 aliphatic rings. The van der Waals surface area contributed by atoms with E-state index in [9.17, 15) is 32.3 Å². The minimum atomic E-state index is -5.39. The van der Waals surface area contributed by atoms with Crippen molar-refractivity contribution in [3.05, 3.63) is 63.2 Å². The van der Waals surface area contributed by atoms with Gasteiger partial charge < -0.3 is 15.1 Å². The maximum atomic E-state index is 13.9. The molecule has 0 radical (unpaired) electrons. The number of nitrogens with one attached hydrogen (secondary N) is 3. The number of amides is 2. The molecule has 0 aliphatic carbocycles. The number of anilines is 1. The number of carbonyl (C=O) groups is 2. The van der Waals surface area contributed by atoms with Gasteiger partial charge >= 0.3 is 11.9 Å². The van der Waals surface area contributed by atoms with Crippen LogP contribution in [0.4, 0.5) is 19.0 Å². The van der Waals surface area contributed by atoms with Crippen LogP contribution in [0.1, 0.15) is 11.3 Å². The largest absolute Gasteiger partial charge is 0.467 e. The lowest BCUT2D eigenvalue weighted by Gasteiger charge is -2.29. The first-order chi connectivity index (χ1) is 12.6. The molecule has 0 spiro atoms. The van der Waals surface area contributed by atoms with Crippen LogP contribution >= 0.6 is 0 Å². The number of hydrogen-bond donors (Lipinski definition) is 3. The first-order valence-corrected chi connectivity index (χ1v) is 7.34. The summed E-state index contributed by atoms with van der Waals surface area (Å²) in [6, 6.07) is 2.92. The molecule has 1 atom stereocenters. The van der Waals surface area contributed by atoms with E-state index in [0.717, 1.165) is 0 Å². The van der Waals surface area contributed by atoms with Gasteiger partial charge in [-0.1, -0.05) is 6.58 Å². The molecular formula is C15H11F3N4O5. The van der Waals surface area contributed by atoms with Crippen LogP contribution in [0.25, 0.3) is 0 Å². The zero-order valence-corrected chi connectivity index (χ0v) is 13.3. The zero-order valence-electron chi connectivity index (χ0n) is 13.3. The van der Waals surface area contributed by atoms with Crippen molar-refractivity contribution >= 4 is 17.6 Å². The van der Waals surface area contributed by atoms with Gasteiger partial charge in [0.05, 0.1) is 12.8 Å². The molecule has 27 heavy (non-hydrogen) atoms. The van der Waals surface area contributed by atoms with E-state index in [1.165, 1.54) is 23.7 Å². The smallest absolute Gasteiger partial charge is 0.425 e. The van der Waals surface area contributed by atoms with E-state index in [-0.39, 0.29) is 12.3 Å². The van der Waals surface area contributed by atoms with Crippen LogP contribution in [-0.4, -0.2) is 27.5 Å². The molecule has 2 amide bonds. The molecular weight excluding hydrogens is 373 g/mol. The summed E-state index contributed by atoms with van der Waals surface area (Å²) in [7, 11) is 0. The van der Waals surface area contributed by atoms with Gasteiger partial charge in [0.25, 0.3) is 17.0 Å². The number of furan rings is 1. The highest BCUT2D eigenvalue weighted by Crippen LogP contribution is 2.44. The molecule has 0 saturated carbocycles. The van der Waals surface area contributed by atoms with Crippen molar-refractivity contribution in [2.75, 3.05) is 5.32 Å². The first-order valence-electron chi connectivity index (χ1n) is 7.34. The Morgan fingerprint density at radius 1 is 1.37 bits per heavy atom. The van der Waals surface area contributed by atoms with E-state index in [1.54, 1.807) is 4.98 Å². The van der Waals surface area contributed by atoms with Gasteiger partial charge in [0.1, 0.15) is 17.1 Å². The summed E-state index contributed by atoms with van der Waals surface area (Å²) in [5, 5.41) is 3.36. The van der Waals surface area contributed by atoms with Crippen molar-refractivity contribution in [2.24, 2.45) is 0 Å². The topological polar surface area (TPSA) is 126 Å². The van der Waals surface area contributed by atoms with Gasteiger partial charge in [-0.05, 0) is 18.2 Å². The monoisotopic (exact) mass is 384 g/mol. The van der Waals surface area contributed by atoms with Crippen LogP contribution in [-0.2, 0) is 21.7 Å². The second-order valence-electron chi connectivity index (χ2n) is 5.54. The molecule has 2 aromatic heterocycles. The molecule has 3 heterocycles. The van der Waals surface area contributed by atoms with Crippen LogP contribution in [0.3, 0.4) is 0 Å². The van der Waals surface area contributed by atoms with Gasteiger partial charge in [0.2, 0.25) is 5.91 Å². The van der Waals surface area contributed by atoms with Crippen LogP contribution in [0.15, 0.2) is 45.1 Å². The SMILES string of the molecule is C=CC(=O)N[C@@]1(C(F)(F)F)C(=O)Nc2c1c(=O)[nH]c(=O)n2Cc1ccco1. The molecule has 0 fully saturated rings. The van der Waals surface area contributed by atoms with E-state index >= 15 is 0 Å². The van der Waals surface area contributed by atoms with Crippen molar-refractivity contribution < 1.29 is 27.2 Å². The normalized spacial score (nSPS) is 18.7. The maximum absolute atomic E-state index is 13.9. The molecule has 0 bridgehead atoms. The van der Waals surface area contributed by atoms with Crippen LogP contribution < -0.4 is 21.9 Å². The number of aromatic amines is 1. The van der Waals surface area contributed by atoms with Gasteiger partial charge in [-0.15, -0.1) is 0 Å². The number of hydrogen-bond acceptors (Lipinski definition) is 5. The first kappa shape index (κ1) is 18.2. The Morgan fingerprint density at radius 2 is 2.07 bits per heavy atom. The Labute approximate surface area is 147 Å². The van der Waals surface area contributed by atoms with Crippen LogP contribution in [0.2, 0.25) is 0 Å². The lowest BCUT2D eigenvalue weighted by molar-refractivity contribution is -0.200. The van der Waals surface area contributed by atoms with Gasteiger partial charge in [0, 0.05) is 0 Å². The Bertz CT molecular complexity index is 1050. The van der Waals surface area contributed by atoms with E-state index < -0.39 is 46.2 Å². The number of rotatable bonds is 4. The fraction of sp³-hybridized carbons (Fsp3) is 0.200.